The number of pyridine rings is 1. The molecule has 1 amide bonds. The Morgan fingerprint density at radius 1 is 1.47 bits per heavy atom. The number of hydrogen-bond acceptors (Lipinski definition) is 2. The van der Waals surface area contributed by atoms with Gasteiger partial charge in [0, 0.05) is 13.1 Å². The maximum Gasteiger partial charge on any atom is 0.255 e. The quantitative estimate of drug-likeness (QED) is 0.764. The Morgan fingerprint density at radius 2 is 2.07 bits per heavy atom. The van der Waals surface area contributed by atoms with Crippen LogP contribution in [0.2, 0.25) is 0 Å². The molecule has 0 saturated heterocycles. The fraction of sp³-hybridized carbons (Fsp3) is 0.455. The first kappa shape index (κ1) is 11.6. The van der Waals surface area contributed by atoms with Gasteiger partial charge in [0.2, 0.25) is 0 Å². The van der Waals surface area contributed by atoms with Crippen molar-refractivity contribution >= 4 is 5.91 Å². The molecule has 0 radical (unpaired) electrons. The van der Waals surface area contributed by atoms with E-state index in [0.29, 0.717) is 24.3 Å². The molecule has 1 heterocycles. The second kappa shape index (κ2) is 4.87. The van der Waals surface area contributed by atoms with E-state index < -0.39 is 5.82 Å². The van der Waals surface area contributed by atoms with Crippen LogP contribution in [0.15, 0.2) is 12.3 Å². The number of aromatic nitrogens is 1. The highest BCUT2D eigenvalue weighted by Crippen LogP contribution is 2.10. The Kier molecular flexibility index (Phi) is 3.77. The Hall–Kier alpha value is -1.45. The van der Waals surface area contributed by atoms with Gasteiger partial charge in [-0.25, -0.2) is 4.39 Å². The molecule has 3 nitrogen and oxygen atoms in total. The van der Waals surface area contributed by atoms with Crippen LogP contribution in [-0.2, 0) is 0 Å². The average molecular weight is 210 g/mol. The number of hydrogen-bond donors (Lipinski definition) is 0. The lowest BCUT2D eigenvalue weighted by Crippen LogP contribution is -2.31. The molecule has 4 heteroatoms. The Bertz CT molecular complexity index is 362. The zero-order valence-corrected chi connectivity index (χ0v) is 9.25. The molecule has 1 aromatic rings. The first-order valence-electron chi connectivity index (χ1n) is 5.01. The highest BCUT2D eigenvalue weighted by atomic mass is 19.1. The van der Waals surface area contributed by atoms with Crippen molar-refractivity contribution in [2.75, 3.05) is 13.1 Å². The summed E-state index contributed by atoms with van der Waals surface area (Å²) in [7, 11) is 0. The summed E-state index contributed by atoms with van der Waals surface area (Å²) >= 11 is 0. The van der Waals surface area contributed by atoms with Crippen LogP contribution in [0, 0.1) is 12.7 Å². The third-order valence-electron chi connectivity index (χ3n) is 2.33. The molecule has 0 unspecified atom stereocenters. The highest BCUT2D eigenvalue weighted by Gasteiger charge is 2.16. The molecule has 0 atom stereocenters. The standard InChI is InChI=1S/C11H15FN2O/c1-4-14(5-2)11(15)10-6-9(12)7-13-8(10)3/h6-7H,4-5H2,1-3H3. The zero-order chi connectivity index (χ0) is 11.4. The minimum atomic E-state index is -0.476. The smallest absolute Gasteiger partial charge is 0.255 e. The molecule has 0 aliphatic rings. The third-order valence-corrected chi connectivity index (χ3v) is 2.33. The predicted molar refractivity (Wildman–Crippen MR) is 56.2 cm³/mol. The molecule has 0 N–H and O–H groups in total. The lowest BCUT2D eigenvalue weighted by Gasteiger charge is -2.19. The number of aryl methyl sites for hydroxylation is 1. The normalized spacial score (nSPS) is 10.1. The molecule has 82 valence electrons. The van der Waals surface area contributed by atoms with Gasteiger partial charge in [-0.3, -0.25) is 9.78 Å². The van der Waals surface area contributed by atoms with Gasteiger partial charge in [0.25, 0.3) is 5.91 Å². The van der Waals surface area contributed by atoms with Crippen LogP contribution >= 0.6 is 0 Å². The molecule has 0 aliphatic heterocycles. The van der Waals surface area contributed by atoms with Crippen LogP contribution in [0.5, 0.6) is 0 Å². The van der Waals surface area contributed by atoms with Gasteiger partial charge >= 0.3 is 0 Å². The summed E-state index contributed by atoms with van der Waals surface area (Å²) < 4.78 is 12.9. The second-order valence-electron chi connectivity index (χ2n) is 3.26. The van der Waals surface area contributed by atoms with E-state index in [-0.39, 0.29) is 5.91 Å². The number of carbonyl (C=O) groups is 1. The molecule has 1 aromatic heterocycles. The zero-order valence-electron chi connectivity index (χ0n) is 9.25. The van der Waals surface area contributed by atoms with Gasteiger partial charge in [-0.1, -0.05) is 0 Å². The van der Waals surface area contributed by atoms with Crippen molar-refractivity contribution in [1.82, 2.24) is 9.88 Å². The van der Waals surface area contributed by atoms with E-state index in [0.717, 1.165) is 6.20 Å². The molecule has 1 rings (SSSR count). The largest absolute Gasteiger partial charge is 0.339 e. The SMILES string of the molecule is CCN(CC)C(=O)c1cc(F)cnc1C. The summed E-state index contributed by atoms with van der Waals surface area (Å²) in [5.41, 5.74) is 0.909. The number of amides is 1. The Morgan fingerprint density at radius 3 is 2.60 bits per heavy atom. The van der Waals surface area contributed by atoms with Crippen molar-refractivity contribution in [2.45, 2.75) is 20.8 Å². The van der Waals surface area contributed by atoms with E-state index in [1.54, 1.807) is 11.8 Å². The summed E-state index contributed by atoms with van der Waals surface area (Å²) in [6.45, 7) is 6.72. The predicted octanol–water partition coefficient (Wildman–Crippen LogP) is 2.01. The van der Waals surface area contributed by atoms with E-state index in [1.807, 2.05) is 13.8 Å². The molecule has 0 aromatic carbocycles. The van der Waals surface area contributed by atoms with Gasteiger partial charge in [-0.05, 0) is 26.8 Å². The Labute approximate surface area is 88.9 Å². The first-order valence-corrected chi connectivity index (χ1v) is 5.01. The minimum absolute atomic E-state index is 0.162. The molecule has 0 spiro atoms. The maximum atomic E-state index is 12.9. The van der Waals surface area contributed by atoms with Crippen molar-refractivity contribution in [3.8, 4) is 0 Å². The summed E-state index contributed by atoms with van der Waals surface area (Å²) in [6.07, 6.45) is 1.12. The molecular formula is C11H15FN2O. The summed E-state index contributed by atoms with van der Waals surface area (Å²) in [5.74, 6) is -0.638. The molecule has 0 aliphatic carbocycles. The van der Waals surface area contributed by atoms with Crippen molar-refractivity contribution in [1.29, 1.82) is 0 Å². The topological polar surface area (TPSA) is 33.2 Å². The van der Waals surface area contributed by atoms with Crippen molar-refractivity contribution < 1.29 is 9.18 Å². The second-order valence-corrected chi connectivity index (χ2v) is 3.26. The molecular weight excluding hydrogens is 195 g/mol. The van der Waals surface area contributed by atoms with Crippen LogP contribution in [0.1, 0.15) is 29.9 Å². The lowest BCUT2D eigenvalue weighted by atomic mass is 10.2. The van der Waals surface area contributed by atoms with E-state index in [1.165, 1.54) is 6.07 Å². The highest BCUT2D eigenvalue weighted by molar-refractivity contribution is 5.95. The van der Waals surface area contributed by atoms with Crippen molar-refractivity contribution in [2.24, 2.45) is 0 Å². The van der Waals surface area contributed by atoms with Crippen LogP contribution in [0.4, 0.5) is 4.39 Å². The van der Waals surface area contributed by atoms with Crippen molar-refractivity contribution in [3.63, 3.8) is 0 Å². The first-order chi connectivity index (χ1) is 7.10. The molecule has 0 saturated carbocycles. The van der Waals surface area contributed by atoms with E-state index in [4.69, 9.17) is 0 Å². The lowest BCUT2D eigenvalue weighted by molar-refractivity contribution is 0.0771. The Balaban J connectivity index is 3.04. The number of halogens is 1. The minimum Gasteiger partial charge on any atom is -0.339 e. The van der Waals surface area contributed by atoms with Gasteiger partial charge in [0.1, 0.15) is 5.82 Å². The van der Waals surface area contributed by atoms with Crippen LogP contribution in [0.25, 0.3) is 0 Å². The van der Waals surface area contributed by atoms with Crippen LogP contribution < -0.4 is 0 Å². The fourth-order valence-electron chi connectivity index (χ4n) is 1.41. The monoisotopic (exact) mass is 210 g/mol. The summed E-state index contributed by atoms with van der Waals surface area (Å²) in [4.78, 5) is 17.4. The average Bonchev–Trinajstić information content (AvgIpc) is 2.23. The fourth-order valence-corrected chi connectivity index (χ4v) is 1.41. The van der Waals surface area contributed by atoms with Gasteiger partial charge < -0.3 is 4.90 Å². The van der Waals surface area contributed by atoms with Gasteiger partial charge in [-0.2, -0.15) is 0 Å². The summed E-state index contributed by atoms with van der Waals surface area (Å²) in [6, 6.07) is 1.24. The maximum absolute atomic E-state index is 12.9. The van der Waals surface area contributed by atoms with Gasteiger partial charge in [-0.15, -0.1) is 0 Å². The molecule has 15 heavy (non-hydrogen) atoms. The van der Waals surface area contributed by atoms with Crippen LogP contribution in [-0.4, -0.2) is 28.9 Å². The summed E-state index contributed by atoms with van der Waals surface area (Å²) in [5, 5.41) is 0. The molecule has 0 bridgehead atoms. The number of nitrogens with zero attached hydrogens (tertiary/aromatic N) is 2. The third kappa shape index (κ3) is 2.52. The van der Waals surface area contributed by atoms with E-state index in [2.05, 4.69) is 4.98 Å². The van der Waals surface area contributed by atoms with Crippen LogP contribution in [0.3, 0.4) is 0 Å². The number of rotatable bonds is 3. The van der Waals surface area contributed by atoms with Gasteiger partial charge in [0.15, 0.2) is 0 Å². The molecule has 0 fully saturated rings. The van der Waals surface area contributed by atoms with E-state index >= 15 is 0 Å². The van der Waals surface area contributed by atoms with Gasteiger partial charge in [0.05, 0.1) is 17.5 Å². The van der Waals surface area contributed by atoms with Crippen molar-refractivity contribution in [3.05, 3.63) is 29.3 Å². The van der Waals surface area contributed by atoms with E-state index in [9.17, 15) is 9.18 Å². The number of carbonyl (C=O) groups excluding carboxylic acids is 1.